The van der Waals surface area contributed by atoms with E-state index in [0.717, 1.165) is 80.2 Å². The lowest BCUT2D eigenvalue weighted by molar-refractivity contribution is 0.744. The van der Waals surface area contributed by atoms with E-state index in [1.165, 1.54) is 11.4 Å². The monoisotopic (exact) mass is 536 g/mol. The molecule has 0 N–H and O–H groups in total. The zero-order chi connectivity index (χ0) is 24.8. The first-order chi connectivity index (χ1) is 17.1. The van der Waals surface area contributed by atoms with Gasteiger partial charge < -0.3 is 9.80 Å². The van der Waals surface area contributed by atoms with Gasteiger partial charge in [0.15, 0.2) is 5.82 Å². The molecule has 35 heavy (non-hydrogen) atoms. The molecule has 2 heterocycles. The van der Waals surface area contributed by atoms with Gasteiger partial charge in [0.05, 0.1) is 11.4 Å². The van der Waals surface area contributed by atoms with E-state index in [9.17, 15) is 0 Å². The molecular weight excluding hydrogens is 500 g/mol. The number of anilines is 2. The fourth-order valence-electron chi connectivity index (χ4n) is 4.87. The first-order valence-corrected chi connectivity index (χ1v) is 13.8. The minimum atomic E-state index is 0.491. The molecule has 1 aliphatic heterocycles. The van der Waals surface area contributed by atoms with Crippen LogP contribution in [0.4, 0.5) is 11.4 Å². The van der Waals surface area contributed by atoms with Crippen LogP contribution in [0.3, 0.4) is 0 Å². The SMILES string of the molecule is CCCN(CCC)c1ccc(C2=NCc3nnc(Br)n3-c3cc(N(CCC)CCC)ccc32)cc1. The third kappa shape index (κ3) is 5.45. The van der Waals surface area contributed by atoms with Crippen LogP contribution in [0.2, 0.25) is 0 Å². The van der Waals surface area contributed by atoms with Crippen molar-refractivity contribution < 1.29 is 0 Å². The van der Waals surface area contributed by atoms with Crippen molar-refractivity contribution in [2.24, 2.45) is 4.99 Å². The largest absolute Gasteiger partial charge is 0.372 e. The number of nitrogens with zero attached hydrogens (tertiary/aromatic N) is 6. The Bertz CT molecular complexity index is 1140. The van der Waals surface area contributed by atoms with Crippen molar-refractivity contribution in [3.63, 3.8) is 0 Å². The van der Waals surface area contributed by atoms with E-state index in [2.05, 4.69) is 111 Å². The Morgan fingerprint density at radius 2 is 1.34 bits per heavy atom. The Hall–Kier alpha value is -2.67. The van der Waals surface area contributed by atoms with Gasteiger partial charge in [-0.2, -0.15) is 0 Å². The van der Waals surface area contributed by atoms with E-state index in [1.807, 2.05) is 0 Å². The lowest BCUT2D eigenvalue weighted by Gasteiger charge is -2.25. The molecule has 0 amide bonds. The summed E-state index contributed by atoms with van der Waals surface area (Å²) in [6, 6.07) is 15.6. The highest BCUT2D eigenvalue weighted by Gasteiger charge is 2.23. The lowest BCUT2D eigenvalue weighted by Crippen LogP contribution is -2.25. The van der Waals surface area contributed by atoms with Gasteiger partial charge in [-0.3, -0.25) is 9.56 Å². The summed E-state index contributed by atoms with van der Waals surface area (Å²) in [5, 5.41) is 8.70. The number of halogens is 1. The number of fused-ring (bicyclic) bond motifs is 3. The summed E-state index contributed by atoms with van der Waals surface area (Å²) >= 11 is 3.63. The summed E-state index contributed by atoms with van der Waals surface area (Å²) in [4.78, 5) is 9.96. The highest BCUT2D eigenvalue weighted by Crippen LogP contribution is 2.31. The van der Waals surface area contributed by atoms with Gasteiger partial charge in [-0.25, -0.2) is 0 Å². The molecule has 0 spiro atoms. The minimum absolute atomic E-state index is 0.491. The Balaban J connectivity index is 1.76. The van der Waals surface area contributed by atoms with Crippen LogP contribution in [0.25, 0.3) is 5.69 Å². The Labute approximate surface area is 218 Å². The van der Waals surface area contributed by atoms with Crippen LogP contribution in [-0.4, -0.2) is 46.7 Å². The van der Waals surface area contributed by atoms with E-state index < -0.39 is 0 Å². The number of aliphatic imine (C=N–C) groups is 1. The number of benzene rings is 2. The van der Waals surface area contributed by atoms with Gasteiger partial charge in [-0.1, -0.05) is 39.8 Å². The van der Waals surface area contributed by atoms with E-state index in [4.69, 9.17) is 4.99 Å². The molecule has 0 saturated heterocycles. The molecule has 0 saturated carbocycles. The number of aromatic nitrogens is 3. The van der Waals surface area contributed by atoms with Gasteiger partial charge in [0.25, 0.3) is 0 Å². The van der Waals surface area contributed by atoms with E-state index in [0.29, 0.717) is 11.3 Å². The van der Waals surface area contributed by atoms with Gasteiger partial charge in [0.1, 0.15) is 6.54 Å². The second-order valence-electron chi connectivity index (χ2n) is 9.11. The van der Waals surface area contributed by atoms with Gasteiger partial charge in [0, 0.05) is 48.7 Å². The summed E-state index contributed by atoms with van der Waals surface area (Å²) in [5.74, 6) is 0.844. The van der Waals surface area contributed by atoms with Crippen LogP contribution in [0, 0.1) is 0 Å². The summed E-state index contributed by atoms with van der Waals surface area (Å²) in [7, 11) is 0. The standard InChI is InChI=1S/C28H37BrN6/c1-5-15-33(16-6-2)22-11-9-21(10-12-22)27-24-14-13-23(34(17-7-3)18-8-4)19-25(24)35-26(20-30-27)31-32-28(35)29/h9-14,19H,5-8,15-18,20H2,1-4H3. The van der Waals surface area contributed by atoms with Crippen molar-refractivity contribution in [3.05, 3.63) is 64.1 Å². The average Bonchev–Trinajstić information content (AvgIpc) is 3.15. The highest BCUT2D eigenvalue weighted by molar-refractivity contribution is 9.10. The first kappa shape index (κ1) is 25.4. The fraction of sp³-hybridized carbons (Fsp3) is 0.464. The highest BCUT2D eigenvalue weighted by atomic mass is 79.9. The van der Waals surface area contributed by atoms with Crippen molar-refractivity contribution in [1.82, 2.24) is 14.8 Å². The molecule has 0 bridgehead atoms. The van der Waals surface area contributed by atoms with Crippen molar-refractivity contribution in [2.45, 2.75) is 59.9 Å². The zero-order valence-corrected chi connectivity index (χ0v) is 23.1. The summed E-state index contributed by atoms with van der Waals surface area (Å²) in [6.07, 6.45) is 4.52. The second-order valence-corrected chi connectivity index (χ2v) is 9.82. The molecule has 0 radical (unpaired) electrons. The predicted octanol–water partition coefficient (Wildman–Crippen LogP) is 6.63. The van der Waals surface area contributed by atoms with Crippen molar-refractivity contribution >= 4 is 33.0 Å². The molecule has 2 aromatic carbocycles. The van der Waals surface area contributed by atoms with Crippen LogP contribution < -0.4 is 9.80 Å². The third-order valence-electron chi connectivity index (χ3n) is 6.39. The number of hydrogen-bond acceptors (Lipinski definition) is 5. The molecule has 1 aliphatic rings. The maximum Gasteiger partial charge on any atom is 0.204 e. The Morgan fingerprint density at radius 3 is 1.94 bits per heavy atom. The fourth-order valence-corrected chi connectivity index (χ4v) is 5.34. The zero-order valence-electron chi connectivity index (χ0n) is 21.5. The van der Waals surface area contributed by atoms with Gasteiger partial charge in [0.2, 0.25) is 4.73 Å². The molecule has 4 rings (SSSR count). The molecule has 0 aliphatic carbocycles. The van der Waals surface area contributed by atoms with Crippen molar-refractivity contribution in [2.75, 3.05) is 36.0 Å². The van der Waals surface area contributed by atoms with E-state index in [1.54, 1.807) is 0 Å². The van der Waals surface area contributed by atoms with Crippen LogP contribution >= 0.6 is 15.9 Å². The predicted molar refractivity (Wildman–Crippen MR) is 150 cm³/mol. The molecule has 6 nitrogen and oxygen atoms in total. The molecule has 0 unspecified atom stereocenters. The van der Waals surface area contributed by atoms with Crippen molar-refractivity contribution in [1.29, 1.82) is 0 Å². The van der Waals surface area contributed by atoms with Crippen molar-refractivity contribution in [3.8, 4) is 5.69 Å². The lowest BCUT2D eigenvalue weighted by atomic mass is 9.99. The van der Waals surface area contributed by atoms with Crippen LogP contribution in [0.15, 0.2) is 52.2 Å². The topological polar surface area (TPSA) is 49.6 Å². The second kappa shape index (κ2) is 11.8. The third-order valence-corrected chi connectivity index (χ3v) is 6.90. The maximum atomic E-state index is 5.03. The van der Waals surface area contributed by atoms with Crippen LogP contribution in [0.5, 0.6) is 0 Å². The summed E-state index contributed by atoms with van der Waals surface area (Å²) < 4.78 is 2.81. The smallest absolute Gasteiger partial charge is 0.204 e. The van der Waals surface area contributed by atoms with Crippen LogP contribution in [0.1, 0.15) is 70.3 Å². The number of hydrogen-bond donors (Lipinski definition) is 0. The summed E-state index contributed by atoms with van der Waals surface area (Å²) in [6.45, 7) is 13.7. The Kier molecular flexibility index (Phi) is 8.60. The van der Waals surface area contributed by atoms with E-state index in [-0.39, 0.29) is 0 Å². The summed E-state index contributed by atoms with van der Waals surface area (Å²) in [5.41, 5.74) is 6.82. The van der Waals surface area contributed by atoms with E-state index >= 15 is 0 Å². The minimum Gasteiger partial charge on any atom is -0.372 e. The molecule has 0 atom stereocenters. The molecule has 186 valence electrons. The molecule has 7 heteroatoms. The molecule has 1 aromatic heterocycles. The molecule has 3 aromatic rings. The Morgan fingerprint density at radius 1 is 0.771 bits per heavy atom. The first-order valence-electron chi connectivity index (χ1n) is 13.0. The van der Waals surface area contributed by atoms with Gasteiger partial charge in [-0.05, 0) is 71.9 Å². The van der Waals surface area contributed by atoms with Gasteiger partial charge >= 0.3 is 0 Å². The quantitative estimate of drug-likeness (QED) is 0.275. The number of rotatable bonds is 11. The average molecular weight is 538 g/mol. The normalized spacial score (nSPS) is 12.5. The molecule has 0 fully saturated rings. The maximum absolute atomic E-state index is 5.03. The van der Waals surface area contributed by atoms with Crippen LogP contribution in [-0.2, 0) is 6.54 Å². The van der Waals surface area contributed by atoms with Gasteiger partial charge in [-0.15, -0.1) is 10.2 Å². The molecular formula is C28H37BrN6.